The number of H-pyrrole nitrogens is 1. The molecule has 27 heavy (non-hydrogen) atoms. The molecule has 4 nitrogen and oxygen atoms in total. The minimum atomic E-state index is -0.240. The van der Waals surface area contributed by atoms with Crippen LogP contribution < -0.4 is 5.32 Å². The van der Waals surface area contributed by atoms with Gasteiger partial charge in [0.05, 0.1) is 16.1 Å². The van der Waals surface area contributed by atoms with Gasteiger partial charge in [0.15, 0.2) is 0 Å². The summed E-state index contributed by atoms with van der Waals surface area (Å²) < 4.78 is 0. The van der Waals surface area contributed by atoms with Gasteiger partial charge < -0.3 is 10.3 Å². The molecule has 134 valence electrons. The van der Waals surface area contributed by atoms with Crippen molar-refractivity contribution in [3.8, 4) is 11.4 Å². The van der Waals surface area contributed by atoms with E-state index < -0.39 is 0 Å². The number of carbonyl (C=O) groups excluding carboxylic acids is 1. The maximum Gasteiger partial charge on any atom is 0.255 e. The van der Waals surface area contributed by atoms with E-state index >= 15 is 0 Å². The number of aromatic amines is 1. The zero-order valence-electron chi connectivity index (χ0n) is 13.8. The predicted molar refractivity (Wildman–Crippen MR) is 111 cm³/mol. The number of hydrogen-bond acceptors (Lipinski definition) is 2. The predicted octanol–water partition coefficient (Wildman–Crippen LogP) is 6.44. The van der Waals surface area contributed by atoms with E-state index in [0.29, 0.717) is 37.7 Å². The number of fused-ring (bicyclic) bond motifs is 1. The molecule has 2 N–H and O–H groups in total. The number of carbonyl (C=O) groups is 1. The first-order chi connectivity index (χ1) is 13.0. The van der Waals surface area contributed by atoms with Gasteiger partial charge in [-0.1, -0.05) is 40.9 Å². The van der Waals surface area contributed by atoms with Crippen molar-refractivity contribution in [2.45, 2.75) is 0 Å². The molecule has 0 aliphatic rings. The SMILES string of the molecule is O=C(Nc1cccc(Cl)c1)c1ccc2nc(-c3cc(Cl)ccc3Cl)[nH]c2c1. The van der Waals surface area contributed by atoms with Crippen molar-refractivity contribution in [1.29, 1.82) is 0 Å². The highest BCUT2D eigenvalue weighted by Gasteiger charge is 2.12. The zero-order valence-corrected chi connectivity index (χ0v) is 16.0. The summed E-state index contributed by atoms with van der Waals surface area (Å²) in [6.07, 6.45) is 0. The van der Waals surface area contributed by atoms with Crippen molar-refractivity contribution in [1.82, 2.24) is 9.97 Å². The second-order valence-corrected chi connectivity index (χ2v) is 7.19. The molecule has 1 aromatic heterocycles. The highest BCUT2D eigenvalue weighted by molar-refractivity contribution is 6.35. The second kappa shape index (κ2) is 7.24. The minimum absolute atomic E-state index is 0.240. The van der Waals surface area contributed by atoms with Crippen LogP contribution in [-0.2, 0) is 0 Å². The van der Waals surface area contributed by atoms with Crippen LogP contribution in [0.2, 0.25) is 15.1 Å². The maximum atomic E-state index is 12.5. The third-order valence-corrected chi connectivity index (χ3v) is 4.81. The average Bonchev–Trinajstić information content (AvgIpc) is 3.06. The van der Waals surface area contributed by atoms with E-state index in [0.717, 1.165) is 11.0 Å². The van der Waals surface area contributed by atoms with Gasteiger partial charge in [-0.05, 0) is 54.6 Å². The number of aromatic nitrogens is 2. The van der Waals surface area contributed by atoms with E-state index in [1.54, 1.807) is 60.7 Å². The molecule has 1 amide bonds. The summed E-state index contributed by atoms with van der Waals surface area (Å²) in [5.41, 5.74) is 3.27. The van der Waals surface area contributed by atoms with Crippen LogP contribution in [-0.4, -0.2) is 15.9 Å². The van der Waals surface area contributed by atoms with Crippen LogP contribution in [0.15, 0.2) is 60.7 Å². The number of halogens is 3. The molecular weight excluding hydrogens is 405 g/mol. The summed E-state index contributed by atoms with van der Waals surface area (Å²) in [4.78, 5) is 20.2. The summed E-state index contributed by atoms with van der Waals surface area (Å²) in [6, 6.07) is 17.4. The smallest absolute Gasteiger partial charge is 0.255 e. The van der Waals surface area contributed by atoms with Crippen LogP contribution in [0.1, 0.15) is 10.4 Å². The number of imidazole rings is 1. The van der Waals surface area contributed by atoms with Crippen LogP contribution in [0.5, 0.6) is 0 Å². The van der Waals surface area contributed by atoms with Gasteiger partial charge in [-0.25, -0.2) is 4.98 Å². The Bertz CT molecular complexity index is 1170. The third-order valence-electron chi connectivity index (χ3n) is 4.01. The molecule has 0 saturated heterocycles. The standard InChI is InChI=1S/C20H12Cl3N3O/c21-12-2-1-3-14(9-12)24-20(27)11-4-7-17-18(8-11)26-19(25-17)15-10-13(22)5-6-16(15)23/h1-10H,(H,24,27)(H,25,26). The fraction of sp³-hybridized carbons (Fsp3) is 0. The number of hydrogen-bond donors (Lipinski definition) is 2. The van der Waals surface area contributed by atoms with Crippen molar-refractivity contribution < 1.29 is 4.79 Å². The lowest BCUT2D eigenvalue weighted by molar-refractivity contribution is 0.102. The summed E-state index contributed by atoms with van der Waals surface area (Å²) in [7, 11) is 0. The molecule has 0 radical (unpaired) electrons. The first-order valence-corrected chi connectivity index (χ1v) is 9.15. The van der Waals surface area contributed by atoms with E-state index in [1.165, 1.54) is 0 Å². The van der Waals surface area contributed by atoms with Gasteiger partial charge in [0.1, 0.15) is 5.82 Å². The number of nitrogens with one attached hydrogen (secondary N) is 2. The zero-order chi connectivity index (χ0) is 19.0. The Balaban J connectivity index is 1.66. The molecule has 0 aliphatic heterocycles. The lowest BCUT2D eigenvalue weighted by atomic mass is 10.2. The Hall–Kier alpha value is -2.53. The summed E-state index contributed by atoms with van der Waals surface area (Å²) in [6.45, 7) is 0. The third kappa shape index (κ3) is 3.78. The van der Waals surface area contributed by atoms with Gasteiger partial charge in [0, 0.05) is 26.9 Å². The number of benzene rings is 3. The Morgan fingerprint density at radius 1 is 0.926 bits per heavy atom. The average molecular weight is 417 g/mol. The van der Waals surface area contributed by atoms with Gasteiger partial charge in [0.2, 0.25) is 0 Å². The van der Waals surface area contributed by atoms with Crippen LogP contribution >= 0.6 is 34.8 Å². The van der Waals surface area contributed by atoms with Gasteiger partial charge in [-0.2, -0.15) is 0 Å². The first-order valence-electron chi connectivity index (χ1n) is 8.02. The van der Waals surface area contributed by atoms with Crippen molar-refractivity contribution >= 4 is 57.4 Å². The molecule has 4 aromatic rings. The van der Waals surface area contributed by atoms with E-state index in [-0.39, 0.29) is 5.91 Å². The van der Waals surface area contributed by atoms with Gasteiger partial charge in [0.25, 0.3) is 5.91 Å². The Labute approximate surface area is 170 Å². The molecule has 1 heterocycles. The first kappa shape index (κ1) is 17.9. The van der Waals surface area contributed by atoms with Crippen LogP contribution in [0.4, 0.5) is 5.69 Å². The van der Waals surface area contributed by atoms with Crippen molar-refractivity contribution in [3.63, 3.8) is 0 Å². The van der Waals surface area contributed by atoms with Gasteiger partial charge >= 0.3 is 0 Å². The van der Waals surface area contributed by atoms with E-state index in [9.17, 15) is 4.79 Å². The fourth-order valence-corrected chi connectivity index (χ4v) is 3.30. The topological polar surface area (TPSA) is 57.8 Å². The van der Waals surface area contributed by atoms with Crippen molar-refractivity contribution in [2.24, 2.45) is 0 Å². The summed E-state index contributed by atoms with van der Waals surface area (Å²) in [5, 5.41) is 4.48. The molecule has 0 fully saturated rings. The number of amides is 1. The Morgan fingerprint density at radius 3 is 2.56 bits per heavy atom. The summed E-state index contributed by atoms with van der Waals surface area (Å²) >= 11 is 18.3. The number of anilines is 1. The quantitative estimate of drug-likeness (QED) is 0.403. The van der Waals surface area contributed by atoms with E-state index in [4.69, 9.17) is 34.8 Å². The molecular formula is C20H12Cl3N3O. The van der Waals surface area contributed by atoms with Gasteiger partial charge in [-0.15, -0.1) is 0 Å². The number of nitrogens with zero attached hydrogens (tertiary/aromatic N) is 1. The minimum Gasteiger partial charge on any atom is -0.338 e. The molecule has 3 aromatic carbocycles. The van der Waals surface area contributed by atoms with E-state index in [1.807, 2.05) is 0 Å². The van der Waals surface area contributed by atoms with Gasteiger partial charge in [-0.3, -0.25) is 4.79 Å². The molecule has 0 bridgehead atoms. The van der Waals surface area contributed by atoms with Crippen molar-refractivity contribution in [2.75, 3.05) is 5.32 Å². The van der Waals surface area contributed by atoms with Crippen LogP contribution in [0.25, 0.3) is 22.4 Å². The lowest BCUT2D eigenvalue weighted by Crippen LogP contribution is -2.11. The second-order valence-electron chi connectivity index (χ2n) is 5.91. The highest BCUT2D eigenvalue weighted by Crippen LogP contribution is 2.30. The molecule has 0 atom stereocenters. The van der Waals surface area contributed by atoms with Crippen LogP contribution in [0, 0.1) is 0 Å². The molecule has 7 heteroatoms. The largest absolute Gasteiger partial charge is 0.338 e. The lowest BCUT2D eigenvalue weighted by Gasteiger charge is -2.05. The molecule has 0 spiro atoms. The Morgan fingerprint density at radius 2 is 1.74 bits per heavy atom. The molecule has 4 rings (SSSR count). The Kier molecular flexibility index (Phi) is 4.79. The van der Waals surface area contributed by atoms with E-state index in [2.05, 4.69) is 15.3 Å². The number of rotatable bonds is 3. The van der Waals surface area contributed by atoms with Crippen molar-refractivity contribution in [3.05, 3.63) is 81.3 Å². The normalized spacial score (nSPS) is 10.9. The molecule has 0 saturated carbocycles. The fourth-order valence-electron chi connectivity index (χ4n) is 2.73. The molecule has 0 aliphatic carbocycles. The van der Waals surface area contributed by atoms with Crippen LogP contribution in [0.3, 0.4) is 0 Å². The maximum absolute atomic E-state index is 12.5. The highest BCUT2D eigenvalue weighted by atomic mass is 35.5. The molecule has 0 unspecified atom stereocenters. The monoisotopic (exact) mass is 415 g/mol. The summed E-state index contributed by atoms with van der Waals surface area (Å²) in [5.74, 6) is 0.348.